The molecule has 0 spiro atoms. The maximum atomic E-state index is 13.1. The smallest absolute Gasteiger partial charge is 0.180 e. The molecule has 0 heterocycles. The third kappa shape index (κ3) is 3.83. The minimum Gasteiger partial charge on any atom is -0.493 e. The quantitative estimate of drug-likeness (QED) is 0.914. The van der Waals surface area contributed by atoms with Gasteiger partial charge in [-0.3, -0.25) is 0 Å². The summed E-state index contributed by atoms with van der Waals surface area (Å²) >= 11 is 6.06. The van der Waals surface area contributed by atoms with Crippen molar-refractivity contribution in [1.82, 2.24) is 0 Å². The van der Waals surface area contributed by atoms with Crippen LogP contribution in [0.5, 0.6) is 11.5 Å². The van der Waals surface area contributed by atoms with Crippen molar-refractivity contribution in [2.75, 3.05) is 7.11 Å². The Morgan fingerprint density at radius 1 is 1.05 bits per heavy atom. The van der Waals surface area contributed by atoms with Gasteiger partial charge in [-0.25, -0.2) is 8.78 Å². The zero-order valence-electron chi connectivity index (χ0n) is 11.2. The molecular formula is C15H13ClF2O3. The zero-order chi connectivity index (χ0) is 15.4. The van der Waals surface area contributed by atoms with E-state index < -0.39 is 11.6 Å². The lowest BCUT2D eigenvalue weighted by Gasteiger charge is -2.14. The molecule has 0 saturated carbocycles. The number of aliphatic hydroxyl groups is 1. The summed E-state index contributed by atoms with van der Waals surface area (Å²) < 4.78 is 36.8. The number of rotatable bonds is 5. The average molecular weight is 315 g/mol. The van der Waals surface area contributed by atoms with Gasteiger partial charge in [0.2, 0.25) is 0 Å². The summed E-state index contributed by atoms with van der Waals surface area (Å²) in [5, 5.41) is 9.35. The molecular weight excluding hydrogens is 302 g/mol. The fourth-order valence-corrected chi connectivity index (χ4v) is 2.14. The van der Waals surface area contributed by atoms with Crippen LogP contribution in [0.15, 0.2) is 30.3 Å². The monoisotopic (exact) mass is 314 g/mol. The van der Waals surface area contributed by atoms with Crippen molar-refractivity contribution in [2.45, 2.75) is 13.2 Å². The van der Waals surface area contributed by atoms with Crippen molar-refractivity contribution in [3.63, 3.8) is 0 Å². The van der Waals surface area contributed by atoms with E-state index in [2.05, 4.69) is 0 Å². The Balaban J connectivity index is 2.23. The van der Waals surface area contributed by atoms with E-state index in [0.29, 0.717) is 16.9 Å². The molecule has 3 nitrogen and oxygen atoms in total. The van der Waals surface area contributed by atoms with E-state index in [1.165, 1.54) is 25.3 Å². The fourth-order valence-electron chi connectivity index (χ4n) is 1.85. The molecule has 0 aromatic heterocycles. The molecule has 2 aromatic carbocycles. The van der Waals surface area contributed by atoms with Crippen LogP contribution in [0.1, 0.15) is 11.1 Å². The Morgan fingerprint density at radius 2 is 1.71 bits per heavy atom. The van der Waals surface area contributed by atoms with Gasteiger partial charge in [-0.15, -0.1) is 0 Å². The van der Waals surface area contributed by atoms with E-state index in [0.717, 1.165) is 6.07 Å². The Hall–Kier alpha value is -1.85. The SMILES string of the molecule is COc1cc(CO)cc(Cl)c1OCc1cc(F)cc(F)c1. The Bertz CT molecular complexity index is 627. The summed E-state index contributed by atoms with van der Waals surface area (Å²) in [7, 11) is 1.43. The molecule has 0 atom stereocenters. The van der Waals surface area contributed by atoms with Crippen LogP contribution in [0.2, 0.25) is 5.02 Å². The maximum Gasteiger partial charge on any atom is 0.180 e. The second kappa shape index (κ2) is 6.74. The normalized spacial score (nSPS) is 10.5. The van der Waals surface area contributed by atoms with E-state index in [1.807, 2.05) is 0 Å². The molecule has 21 heavy (non-hydrogen) atoms. The van der Waals surface area contributed by atoms with Gasteiger partial charge in [-0.1, -0.05) is 11.6 Å². The molecule has 0 fully saturated rings. The molecule has 0 aliphatic carbocycles. The van der Waals surface area contributed by atoms with Crippen LogP contribution in [0, 0.1) is 11.6 Å². The third-order valence-corrected chi connectivity index (χ3v) is 3.06. The molecule has 0 aliphatic heterocycles. The van der Waals surface area contributed by atoms with Crippen LogP contribution < -0.4 is 9.47 Å². The van der Waals surface area contributed by atoms with Crippen molar-refractivity contribution >= 4 is 11.6 Å². The van der Waals surface area contributed by atoms with Crippen molar-refractivity contribution in [3.05, 3.63) is 58.1 Å². The largest absolute Gasteiger partial charge is 0.493 e. The molecule has 1 N–H and O–H groups in total. The van der Waals surface area contributed by atoms with Crippen molar-refractivity contribution in [2.24, 2.45) is 0 Å². The number of hydrogen-bond donors (Lipinski definition) is 1. The van der Waals surface area contributed by atoms with Gasteiger partial charge in [-0.05, 0) is 35.4 Å². The van der Waals surface area contributed by atoms with Crippen LogP contribution in [-0.2, 0) is 13.2 Å². The zero-order valence-corrected chi connectivity index (χ0v) is 12.0. The highest BCUT2D eigenvalue weighted by atomic mass is 35.5. The molecule has 6 heteroatoms. The van der Waals surface area contributed by atoms with Crippen LogP contribution in [0.3, 0.4) is 0 Å². The van der Waals surface area contributed by atoms with Crippen molar-refractivity contribution in [3.8, 4) is 11.5 Å². The van der Waals surface area contributed by atoms with Gasteiger partial charge >= 0.3 is 0 Å². The number of aliphatic hydroxyl groups excluding tert-OH is 1. The lowest BCUT2D eigenvalue weighted by molar-refractivity contribution is 0.274. The number of halogens is 3. The molecule has 0 radical (unpaired) electrons. The van der Waals surface area contributed by atoms with E-state index in [-0.39, 0.29) is 24.0 Å². The lowest BCUT2D eigenvalue weighted by atomic mass is 10.2. The van der Waals surface area contributed by atoms with E-state index in [4.69, 9.17) is 26.2 Å². The summed E-state index contributed by atoms with van der Waals surface area (Å²) in [5.41, 5.74) is 0.901. The Kier molecular flexibility index (Phi) is 4.98. The van der Waals surface area contributed by atoms with Gasteiger partial charge in [-0.2, -0.15) is 0 Å². The maximum absolute atomic E-state index is 13.1. The molecule has 2 rings (SSSR count). The highest BCUT2D eigenvalue weighted by Gasteiger charge is 2.12. The van der Waals surface area contributed by atoms with Crippen LogP contribution >= 0.6 is 11.6 Å². The predicted octanol–water partition coefficient (Wildman–Crippen LogP) is 3.70. The highest BCUT2D eigenvalue weighted by Crippen LogP contribution is 2.37. The minimum absolute atomic E-state index is 0.0662. The first-order valence-corrected chi connectivity index (χ1v) is 6.46. The van der Waals surface area contributed by atoms with Gasteiger partial charge in [0, 0.05) is 6.07 Å². The van der Waals surface area contributed by atoms with Crippen molar-refractivity contribution in [1.29, 1.82) is 0 Å². The van der Waals surface area contributed by atoms with Gasteiger partial charge in [0.25, 0.3) is 0 Å². The number of ether oxygens (including phenoxy) is 2. The lowest BCUT2D eigenvalue weighted by Crippen LogP contribution is -2.00. The van der Waals surface area contributed by atoms with Gasteiger partial charge in [0.1, 0.15) is 18.2 Å². The van der Waals surface area contributed by atoms with Crippen LogP contribution in [-0.4, -0.2) is 12.2 Å². The molecule has 0 saturated heterocycles. The molecule has 0 amide bonds. The topological polar surface area (TPSA) is 38.7 Å². The standard InChI is InChI=1S/C15H13ClF2O3/c1-20-14-5-9(7-19)4-13(16)15(14)21-8-10-2-11(17)6-12(18)3-10/h2-6,19H,7-8H2,1H3. The van der Waals surface area contributed by atoms with Crippen molar-refractivity contribution < 1.29 is 23.4 Å². The molecule has 0 unspecified atom stereocenters. The summed E-state index contributed by atoms with van der Waals surface area (Å²) in [6, 6.07) is 6.24. The van der Waals surface area contributed by atoms with E-state index in [1.54, 1.807) is 6.07 Å². The van der Waals surface area contributed by atoms with E-state index >= 15 is 0 Å². The van der Waals surface area contributed by atoms with Crippen LogP contribution in [0.4, 0.5) is 8.78 Å². The molecule has 2 aromatic rings. The summed E-state index contributed by atoms with van der Waals surface area (Å²) in [6.45, 7) is -0.255. The summed E-state index contributed by atoms with van der Waals surface area (Å²) in [6.07, 6.45) is 0. The first-order chi connectivity index (χ1) is 10.0. The Morgan fingerprint density at radius 3 is 2.29 bits per heavy atom. The third-order valence-electron chi connectivity index (χ3n) is 2.78. The second-order valence-electron chi connectivity index (χ2n) is 4.33. The van der Waals surface area contributed by atoms with Gasteiger partial charge in [0.15, 0.2) is 11.5 Å². The predicted molar refractivity (Wildman–Crippen MR) is 74.6 cm³/mol. The summed E-state index contributed by atoms with van der Waals surface area (Å²) in [5.74, 6) is -0.769. The molecule has 0 aliphatic rings. The van der Waals surface area contributed by atoms with Gasteiger partial charge in [0.05, 0.1) is 18.7 Å². The van der Waals surface area contributed by atoms with Crippen LogP contribution in [0.25, 0.3) is 0 Å². The first-order valence-electron chi connectivity index (χ1n) is 6.08. The molecule has 112 valence electrons. The molecule has 0 bridgehead atoms. The first kappa shape index (κ1) is 15.5. The number of hydrogen-bond acceptors (Lipinski definition) is 3. The highest BCUT2D eigenvalue weighted by molar-refractivity contribution is 6.32. The fraction of sp³-hybridized carbons (Fsp3) is 0.200. The second-order valence-corrected chi connectivity index (χ2v) is 4.74. The number of benzene rings is 2. The summed E-state index contributed by atoms with van der Waals surface area (Å²) in [4.78, 5) is 0. The van der Waals surface area contributed by atoms with E-state index in [9.17, 15) is 8.78 Å². The average Bonchev–Trinajstić information content (AvgIpc) is 2.44. The Labute approximate surface area is 125 Å². The minimum atomic E-state index is -0.678. The number of methoxy groups -OCH3 is 1. The van der Waals surface area contributed by atoms with Gasteiger partial charge < -0.3 is 14.6 Å².